The van der Waals surface area contributed by atoms with Gasteiger partial charge in [-0.1, -0.05) is 156 Å². The van der Waals surface area contributed by atoms with Crippen LogP contribution in [0.1, 0.15) is 184 Å². The number of ether oxygens (including phenoxy) is 1. The minimum absolute atomic E-state index is 0.258. The second kappa shape index (κ2) is 40.3. The molecule has 2 aromatic heterocycles. The van der Waals surface area contributed by atoms with Crippen LogP contribution in [0.4, 0.5) is 11.5 Å². The summed E-state index contributed by atoms with van der Waals surface area (Å²) >= 11 is 0. The smallest absolute Gasteiger partial charge is 0.387 e. The Labute approximate surface area is 457 Å². The fraction of sp³-hybridized carbons (Fsp3) is 0.732. The Hall–Kier alpha value is -2.93. The maximum atomic E-state index is 11.7. The molecule has 0 aliphatic carbocycles. The van der Waals surface area contributed by atoms with Gasteiger partial charge in [-0.05, 0) is 128 Å². The molecule has 1 aliphatic rings. The van der Waals surface area contributed by atoms with Crippen LogP contribution in [0.2, 0.25) is 0 Å². The molecule has 6 N–H and O–H groups in total. The zero-order chi connectivity index (χ0) is 56.2. The largest absolute Gasteiger partial charge is 0.481 e. The number of rotatable bonds is 35. The molecule has 0 saturated carbocycles. The van der Waals surface area contributed by atoms with E-state index in [1.54, 1.807) is 0 Å². The van der Waals surface area contributed by atoms with Crippen molar-refractivity contribution in [1.29, 1.82) is 0 Å². The molecule has 1 fully saturated rings. The van der Waals surface area contributed by atoms with Crippen LogP contribution in [0, 0.1) is 0 Å². The lowest BCUT2D eigenvalue weighted by Gasteiger charge is -2.21. The van der Waals surface area contributed by atoms with E-state index in [2.05, 4.69) is 106 Å². The molecule has 76 heavy (non-hydrogen) atoms. The topological polar surface area (TPSA) is 228 Å². The first-order valence-electron chi connectivity index (χ1n) is 28.9. The van der Waals surface area contributed by atoms with E-state index in [4.69, 9.17) is 14.5 Å². The number of aromatic nitrogens is 4. The summed E-state index contributed by atoms with van der Waals surface area (Å²) in [6.07, 6.45) is 21.2. The summed E-state index contributed by atoms with van der Waals surface area (Å²) in [6, 6.07) is 13.5. The molecule has 5 rings (SSSR count). The van der Waals surface area contributed by atoms with Crippen molar-refractivity contribution in [2.45, 2.75) is 202 Å². The minimum Gasteiger partial charge on any atom is -0.387 e. The van der Waals surface area contributed by atoms with Crippen LogP contribution < -0.4 is 5.32 Å². The molecule has 1 aliphatic heterocycles. The van der Waals surface area contributed by atoms with Crippen molar-refractivity contribution in [2.24, 2.45) is 0 Å². The van der Waals surface area contributed by atoms with Gasteiger partial charge >= 0.3 is 15.6 Å². The Bertz CT molecular complexity index is 2070. The van der Waals surface area contributed by atoms with Crippen molar-refractivity contribution in [3.05, 3.63) is 55.1 Å². The SMILES string of the molecule is CCCCN(CCCC)CCCC.CCCCN(CCCC)CCCC.CCCCN(CCCC)CCCC.O=P(O)(O)OP(=O)(O)OC[C@H]1O[C@@H](n2cnc3c(Nc4cccc5ccccc45)ncnc32)[C@H](O)[C@@H]1O. The van der Waals surface area contributed by atoms with Crippen LogP contribution in [0.3, 0.4) is 0 Å². The van der Waals surface area contributed by atoms with Crippen molar-refractivity contribution in [3.63, 3.8) is 0 Å². The molecule has 4 aromatic rings. The highest BCUT2D eigenvalue weighted by atomic mass is 31.3. The highest BCUT2D eigenvalue weighted by Crippen LogP contribution is 2.57. The third-order valence-corrected chi connectivity index (χ3v) is 15.2. The fourth-order valence-electron chi connectivity index (χ4n) is 8.46. The van der Waals surface area contributed by atoms with Crippen LogP contribution in [-0.4, -0.2) is 143 Å². The van der Waals surface area contributed by atoms with Gasteiger partial charge in [-0.25, -0.2) is 24.1 Å². The molecule has 0 spiro atoms. The third kappa shape index (κ3) is 27.3. The van der Waals surface area contributed by atoms with Crippen molar-refractivity contribution in [2.75, 3.05) is 70.8 Å². The van der Waals surface area contributed by atoms with E-state index in [1.165, 1.54) is 192 Å². The molecule has 0 radical (unpaired) electrons. The first kappa shape index (κ1) is 69.2. The van der Waals surface area contributed by atoms with Gasteiger partial charge in [0.25, 0.3) is 0 Å². The van der Waals surface area contributed by atoms with Gasteiger partial charge in [0.1, 0.15) is 24.6 Å². The second-order valence-corrected chi connectivity index (χ2v) is 22.6. The number of hydrogen-bond donors (Lipinski definition) is 6. The summed E-state index contributed by atoms with van der Waals surface area (Å²) in [4.78, 5) is 47.6. The van der Waals surface area contributed by atoms with Gasteiger partial charge in [-0.15, -0.1) is 0 Å². The molecule has 3 heterocycles. The lowest BCUT2D eigenvalue weighted by atomic mass is 10.1. The number of nitrogens with zero attached hydrogens (tertiary/aromatic N) is 7. The van der Waals surface area contributed by atoms with Crippen LogP contribution in [0.25, 0.3) is 21.9 Å². The monoisotopic (exact) mass is 1110 g/mol. The zero-order valence-electron chi connectivity index (χ0n) is 48.1. The number of fused-ring (bicyclic) bond motifs is 2. The van der Waals surface area contributed by atoms with Crippen LogP contribution in [0.15, 0.2) is 55.1 Å². The highest BCUT2D eigenvalue weighted by Gasteiger charge is 2.46. The van der Waals surface area contributed by atoms with E-state index in [0.29, 0.717) is 11.3 Å². The highest BCUT2D eigenvalue weighted by molar-refractivity contribution is 7.60. The molecule has 18 nitrogen and oxygen atoms in total. The van der Waals surface area contributed by atoms with Gasteiger partial charge in [0.2, 0.25) is 0 Å². The molecule has 0 amide bonds. The molecule has 20 heteroatoms. The number of phosphoric acid groups is 2. The molecule has 0 bridgehead atoms. The Morgan fingerprint density at radius 1 is 0.579 bits per heavy atom. The van der Waals surface area contributed by atoms with Gasteiger partial charge in [0.05, 0.1) is 12.9 Å². The second-order valence-electron chi connectivity index (χ2n) is 19.8. The summed E-state index contributed by atoms with van der Waals surface area (Å²) in [7, 11) is -10.5. The number of benzene rings is 2. The number of nitrogens with one attached hydrogen (secondary N) is 1. The van der Waals surface area contributed by atoms with E-state index >= 15 is 0 Å². The molecular weight excluding hydrogens is 1010 g/mol. The standard InChI is InChI=1S/C20H21N5O10P2.3C12H27N/c26-16-14(8-33-37(31,32)35-36(28,29)30)34-20(17(16)27)25-10-23-15-18(21-9-22-19(15)25)24-13-7-3-5-11-4-1-2-6-12(11)13;3*1-4-7-10-13(11-8-5-2)12-9-6-3/h1-7,9-10,14,16-17,20,26-27H,8H2,(H,31,32)(H,21,22,24)(H2,28,29,30);3*4-12H2,1-3H3/t14-,16-,17-,20-;;;/m1.../s1. The molecule has 1 unspecified atom stereocenters. The van der Waals surface area contributed by atoms with Crippen molar-refractivity contribution >= 4 is 49.1 Å². The molecular formula is C56H102N8O10P2. The van der Waals surface area contributed by atoms with E-state index in [0.717, 1.165) is 16.5 Å². The van der Waals surface area contributed by atoms with Gasteiger partial charge in [0, 0.05) is 11.1 Å². The number of aliphatic hydroxyl groups excluding tert-OH is 2. The number of hydrogen-bond acceptors (Lipinski definition) is 14. The predicted octanol–water partition coefficient (Wildman–Crippen LogP) is 12.6. The van der Waals surface area contributed by atoms with Gasteiger partial charge in [-0.3, -0.25) is 9.09 Å². The fourth-order valence-corrected chi connectivity index (χ4v) is 10.1. The Kier molecular flexibility index (Phi) is 36.7. The molecule has 5 atom stereocenters. The van der Waals surface area contributed by atoms with Gasteiger partial charge < -0.3 is 49.6 Å². The summed E-state index contributed by atoms with van der Waals surface area (Å²) < 4.78 is 37.7. The number of unbranched alkanes of at least 4 members (excludes halogenated alkanes) is 9. The average Bonchev–Trinajstić information content (AvgIpc) is 3.96. The van der Waals surface area contributed by atoms with Gasteiger partial charge in [0.15, 0.2) is 23.2 Å². The quantitative estimate of drug-likeness (QED) is 0.0235. The molecule has 2 aromatic carbocycles. The Morgan fingerprint density at radius 2 is 1.00 bits per heavy atom. The summed E-state index contributed by atoms with van der Waals surface area (Å²) in [5.41, 5.74) is 1.38. The maximum Gasteiger partial charge on any atom is 0.481 e. The van der Waals surface area contributed by atoms with Gasteiger partial charge in [-0.2, -0.15) is 4.31 Å². The first-order chi connectivity index (χ1) is 36.6. The van der Waals surface area contributed by atoms with Crippen LogP contribution >= 0.6 is 15.6 Å². The van der Waals surface area contributed by atoms with E-state index in [9.17, 15) is 24.2 Å². The number of aliphatic hydroxyl groups is 2. The number of anilines is 2. The van der Waals surface area contributed by atoms with E-state index < -0.39 is 46.8 Å². The van der Waals surface area contributed by atoms with E-state index in [1.807, 2.05) is 42.5 Å². The summed E-state index contributed by atoms with van der Waals surface area (Å²) in [5.74, 6) is 0.379. The normalized spacial score (nSPS) is 17.3. The number of phosphoric ester groups is 1. The van der Waals surface area contributed by atoms with E-state index in [-0.39, 0.29) is 5.65 Å². The minimum atomic E-state index is -5.32. The average molecular weight is 1110 g/mol. The Balaban J connectivity index is 0.000000416. The van der Waals surface area contributed by atoms with Crippen molar-refractivity contribution < 1.29 is 47.6 Å². The lowest BCUT2D eigenvalue weighted by Crippen LogP contribution is -2.33. The predicted molar refractivity (Wildman–Crippen MR) is 311 cm³/mol. The molecule has 436 valence electrons. The number of imidazole rings is 1. The summed E-state index contributed by atoms with van der Waals surface area (Å²) in [6.45, 7) is 31.5. The van der Waals surface area contributed by atoms with Crippen molar-refractivity contribution in [1.82, 2.24) is 34.2 Å². The third-order valence-electron chi connectivity index (χ3n) is 13.1. The maximum absolute atomic E-state index is 11.7. The van der Waals surface area contributed by atoms with Crippen molar-refractivity contribution in [3.8, 4) is 0 Å². The van der Waals surface area contributed by atoms with Crippen LogP contribution in [0.5, 0.6) is 0 Å². The zero-order valence-corrected chi connectivity index (χ0v) is 49.9. The molecule has 1 saturated heterocycles. The lowest BCUT2D eigenvalue weighted by molar-refractivity contribution is -0.0503. The van der Waals surface area contributed by atoms with Crippen LogP contribution in [-0.2, 0) is 22.7 Å². The first-order valence-corrected chi connectivity index (χ1v) is 31.9. The summed E-state index contributed by atoms with van der Waals surface area (Å²) in [5, 5.41) is 26.2. The Morgan fingerprint density at radius 3 is 1.42 bits per heavy atom.